The molecule has 1 aromatic rings. The number of anilines is 1. The summed E-state index contributed by atoms with van der Waals surface area (Å²) >= 11 is 6.02. The Balaban J connectivity index is 1.79. The summed E-state index contributed by atoms with van der Waals surface area (Å²) in [5.74, 6) is 0.465. The highest BCUT2D eigenvalue weighted by atomic mass is 35.5. The van der Waals surface area contributed by atoms with E-state index in [1.165, 1.54) is 0 Å². The number of hydrogen-bond donors (Lipinski definition) is 1. The van der Waals surface area contributed by atoms with Gasteiger partial charge in [-0.3, -0.25) is 0 Å². The molecule has 0 radical (unpaired) electrons. The van der Waals surface area contributed by atoms with E-state index in [-0.39, 0.29) is 10.4 Å². The number of halogens is 4. The molecule has 3 nitrogen and oxygen atoms in total. The zero-order valence-electron chi connectivity index (χ0n) is 11.5. The first-order valence-electron chi connectivity index (χ1n) is 7.08. The van der Waals surface area contributed by atoms with Gasteiger partial charge >= 0.3 is 6.18 Å². The maximum absolute atomic E-state index is 12.6. The van der Waals surface area contributed by atoms with Gasteiger partial charge in [-0.2, -0.15) is 13.2 Å². The molecule has 3 heterocycles. The fourth-order valence-corrected chi connectivity index (χ4v) is 3.60. The highest BCUT2D eigenvalue weighted by Gasteiger charge is 2.40. The van der Waals surface area contributed by atoms with Gasteiger partial charge in [-0.1, -0.05) is 11.6 Å². The van der Waals surface area contributed by atoms with E-state index in [1.807, 2.05) is 4.90 Å². The normalized spacial score (nSPS) is 26.6. The number of piperidine rings is 1. The van der Waals surface area contributed by atoms with Crippen molar-refractivity contribution >= 4 is 17.4 Å². The minimum atomic E-state index is -4.41. The summed E-state index contributed by atoms with van der Waals surface area (Å²) < 4.78 is 37.9. The van der Waals surface area contributed by atoms with Gasteiger partial charge in [0.25, 0.3) is 0 Å². The lowest BCUT2D eigenvalue weighted by Crippen LogP contribution is -2.42. The third kappa shape index (κ3) is 2.97. The maximum atomic E-state index is 12.6. The molecule has 7 heteroatoms. The van der Waals surface area contributed by atoms with Gasteiger partial charge in [0.15, 0.2) is 0 Å². The molecule has 0 aromatic carbocycles. The maximum Gasteiger partial charge on any atom is 0.417 e. The van der Waals surface area contributed by atoms with Crippen LogP contribution in [0, 0.1) is 5.41 Å². The Kier molecular flexibility index (Phi) is 3.78. The van der Waals surface area contributed by atoms with Crippen molar-refractivity contribution in [1.82, 2.24) is 10.3 Å². The van der Waals surface area contributed by atoms with Crippen LogP contribution in [0.4, 0.5) is 19.0 Å². The van der Waals surface area contributed by atoms with E-state index in [9.17, 15) is 13.2 Å². The van der Waals surface area contributed by atoms with Gasteiger partial charge < -0.3 is 10.2 Å². The molecule has 1 atom stereocenters. The Morgan fingerprint density at radius 1 is 1.33 bits per heavy atom. The van der Waals surface area contributed by atoms with E-state index in [0.717, 1.165) is 57.7 Å². The first-order valence-corrected chi connectivity index (χ1v) is 7.46. The highest BCUT2D eigenvalue weighted by molar-refractivity contribution is 6.33. The second-order valence-electron chi connectivity index (χ2n) is 5.98. The molecule has 0 amide bonds. The number of alkyl halides is 3. The van der Waals surface area contributed by atoms with Crippen molar-refractivity contribution in [3.05, 3.63) is 22.8 Å². The molecule has 0 bridgehead atoms. The fraction of sp³-hybridized carbons (Fsp3) is 0.643. The zero-order valence-corrected chi connectivity index (χ0v) is 12.3. The lowest BCUT2D eigenvalue weighted by molar-refractivity contribution is -0.137. The van der Waals surface area contributed by atoms with E-state index in [1.54, 1.807) is 0 Å². The van der Waals surface area contributed by atoms with Crippen LogP contribution in [0.3, 0.4) is 0 Å². The molecule has 2 fully saturated rings. The van der Waals surface area contributed by atoms with Crippen molar-refractivity contribution < 1.29 is 13.2 Å². The van der Waals surface area contributed by atoms with Crippen molar-refractivity contribution in [1.29, 1.82) is 0 Å². The molecule has 2 saturated heterocycles. The zero-order chi connectivity index (χ0) is 15.1. The Bertz CT molecular complexity index is 527. The van der Waals surface area contributed by atoms with Crippen LogP contribution in [0.5, 0.6) is 0 Å². The molecule has 1 aromatic heterocycles. The average molecular weight is 320 g/mol. The second kappa shape index (κ2) is 5.32. The lowest BCUT2D eigenvalue weighted by Gasteiger charge is -2.34. The van der Waals surface area contributed by atoms with E-state index in [4.69, 9.17) is 11.6 Å². The van der Waals surface area contributed by atoms with Gasteiger partial charge in [0.1, 0.15) is 5.82 Å². The Morgan fingerprint density at radius 2 is 2.14 bits per heavy atom. The van der Waals surface area contributed by atoms with Crippen LogP contribution in [0.15, 0.2) is 12.3 Å². The number of nitrogens with one attached hydrogen (secondary N) is 1. The molecule has 0 aliphatic carbocycles. The highest BCUT2D eigenvalue weighted by Crippen LogP contribution is 2.40. The summed E-state index contributed by atoms with van der Waals surface area (Å²) in [6.45, 7) is 3.60. The monoisotopic (exact) mass is 319 g/mol. The van der Waals surface area contributed by atoms with Crippen molar-refractivity contribution in [2.75, 3.05) is 31.1 Å². The third-order valence-electron chi connectivity index (χ3n) is 4.45. The minimum Gasteiger partial charge on any atom is -0.355 e. The van der Waals surface area contributed by atoms with Crippen LogP contribution in [0.25, 0.3) is 0 Å². The number of rotatable bonds is 1. The van der Waals surface area contributed by atoms with E-state index >= 15 is 0 Å². The van der Waals surface area contributed by atoms with Crippen LogP contribution in [-0.2, 0) is 6.18 Å². The Hall–Kier alpha value is -1.01. The van der Waals surface area contributed by atoms with Crippen LogP contribution < -0.4 is 10.2 Å². The Labute approximate surface area is 126 Å². The molecule has 21 heavy (non-hydrogen) atoms. The third-order valence-corrected chi connectivity index (χ3v) is 4.73. The molecule has 3 rings (SSSR count). The molecule has 1 spiro atoms. The largest absolute Gasteiger partial charge is 0.417 e. The van der Waals surface area contributed by atoms with Gasteiger partial charge in [0.2, 0.25) is 0 Å². The smallest absolute Gasteiger partial charge is 0.355 e. The Morgan fingerprint density at radius 3 is 2.76 bits per heavy atom. The van der Waals surface area contributed by atoms with Gasteiger partial charge in [-0.05, 0) is 31.9 Å². The van der Waals surface area contributed by atoms with Crippen LogP contribution in [0.2, 0.25) is 5.02 Å². The molecule has 2 aliphatic heterocycles. The van der Waals surface area contributed by atoms with Gasteiger partial charge in [-0.25, -0.2) is 4.98 Å². The van der Waals surface area contributed by atoms with Crippen LogP contribution in [0.1, 0.15) is 24.8 Å². The number of aromatic nitrogens is 1. The van der Waals surface area contributed by atoms with Crippen molar-refractivity contribution in [2.45, 2.75) is 25.4 Å². The summed E-state index contributed by atoms with van der Waals surface area (Å²) in [5.41, 5.74) is -0.587. The van der Waals surface area contributed by atoms with Gasteiger partial charge in [0, 0.05) is 31.2 Å². The van der Waals surface area contributed by atoms with Gasteiger partial charge in [-0.15, -0.1) is 0 Å². The van der Waals surface area contributed by atoms with Crippen LogP contribution in [-0.4, -0.2) is 31.2 Å². The van der Waals surface area contributed by atoms with E-state index in [0.29, 0.717) is 5.82 Å². The lowest BCUT2D eigenvalue weighted by atomic mass is 9.80. The topological polar surface area (TPSA) is 28.2 Å². The van der Waals surface area contributed by atoms with Crippen molar-refractivity contribution in [3.63, 3.8) is 0 Å². The summed E-state index contributed by atoms with van der Waals surface area (Å²) in [7, 11) is 0. The molecular formula is C14H17ClF3N3. The standard InChI is InChI=1S/C14H17ClF3N3/c15-11-6-10(14(16,17)18)7-20-12(11)21-5-3-13(9-21)2-1-4-19-8-13/h6-7,19H,1-5,8-9H2/t13-/m1/s1. The SMILES string of the molecule is FC(F)(F)c1cnc(N2CC[C@@]3(CCCNC3)C2)c(Cl)c1. The fourth-order valence-electron chi connectivity index (χ4n) is 3.31. The molecule has 2 aliphatic rings. The molecule has 116 valence electrons. The summed E-state index contributed by atoms with van der Waals surface area (Å²) in [4.78, 5) is 5.97. The quantitative estimate of drug-likeness (QED) is 0.860. The predicted octanol–water partition coefficient (Wildman–Crippen LogP) is 3.33. The van der Waals surface area contributed by atoms with E-state index < -0.39 is 11.7 Å². The average Bonchev–Trinajstić information content (AvgIpc) is 2.82. The molecule has 1 N–H and O–H groups in total. The summed E-state index contributed by atoms with van der Waals surface area (Å²) in [5, 5.41) is 3.48. The van der Waals surface area contributed by atoms with Gasteiger partial charge in [0.05, 0.1) is 10.6 Å². The molecule has 0 saturated carbocycles. The summed E-state index contributed by atoms with van der Waals surface area (Å²) in [6.07, 6.45) is -0.226. The second-order valence-corrected chi connectivity index (χ2v) is 6.39. The number of pyridine rings is 1. The minimum absolute atomic E-state index is 0.0747. The molecular weight excluding hydrogens is 303 g/mol. The molecule has 0 unspecified atom stereocenters. The summed E-state index contributed by atoms with van der Waals surface area (Å²) in [6, 6.07) is 0.966. The van der Waals surface area contributed by atoms with Crippen molar-refractivity contribution in [3.8, 4) is 0 Å². The van der Waals surface area contributed by atoms with Crippen LogP contribution >= 0.6 is 11.6 Å². The first kappa shape index (κ1) is 14.9. The van der Waals surface area contributed by atoms with Crippen molar-refractivity contribution in [2.24, 2.45) is 5.41 Å². The number of nitrogens with zero attached hydrogens (tertiary/aromatic N) is 2. The van der Waals surface area contributed by atoms with E-state index in [2.05, 4.69) is 10.3 Å². The predicted molar refractivity (Wildman–Crippen MR) is 75.6 cm³/mol. The number of hydrogen-bond acceptors (Lipinski definition) is 3. The first-order chi connectivity index (χ1) is 9.90.